The average molecular weight is 259 g/mol. The molecule has 0 bridgehead atoms. The van der Waals surface area contributed by atoms with E-state index in [0.29, 0.717) is 22.8 Å². The van der Waals surface area contributed by atoms with Crippen molar-refractivity contribution in [3.8, 4) is 5.75 Å². The van der Waals surface area contributed by atoms with Crippen LogP contribution in [0, 0.1) is 5.41 Å². The summed E-state index contributed by atoms with van der Waals surface area (Å²) in [6, 6.07) is 4.68. The lowest BCUT2D eigenvalue weighted by molar-refractivity contribution is 0.376. The maximum Gasteiger partial charge on any atom is 0.169 e. The molecule has 0 amide bonds. The van der Waals surface area contributed by atoms with Crippen molar-refractivity contribution in [3.63, 3.8) is 0 Å². The Labute approximate surface area is 111 Å². The first-order valence-electron chi connectivity index (χ1n) is 6.01. The fourth-order valence-electron chi connectivity index (χ4n) is 1.81. The van der Waals surface area contributed by atoms with Crippen molar-refractivity contribution in [2.45, 2.75) is 26.8 Å². The van der Waals surface area contributed by atoms with Gasteiger partial charge in [-0.25, -0.2) is 10.0 Å². The third-order valence-corrected chi connectivity index (χ3v) is 2.79. The van der Waals surface area contributed by atoms with E-state index in [1.807, 2.05) is 20.8 Å². The van der Waals surface area contributed by atoms with Crippen molar-refractivity contribution in [2.75, 3.05) is 5.73 Å². The highest BCUT2D eigenvalue weighted by atomic mass is 16.3. The molecule has 0 spiro atoms. The number of phenolic OH excluding ortho intramolecular Hbond substituents is 1. The number of hydrogen-bond acceptors (Lipinski definition) is 5. The zero-order chi connectivity index (χ0) is 14.2. The van der Waals surface area contributed by atoms with Gasteiger partial charge in [-0.15, -0.1) is 0 Å². The van der Waals surface area contributed by atoms with Crippen molar-refractivity contribution in [1.29, 1.82) is 5.41 Å². The predicted molar refractivity (Wildman–Crippen MR) is 77.4 cm³/mol. The molecule has 0 aromatic heterocycles. The van der Waals surface area contributed by atoms with Crippen LogP contribution in [0.2, 0.25) is 0 Å². The van der Waals surface area contributed by atoms with Gasteiger partial charge in [0.1, 0.15) is 11.5 Å². The van der Waals surface area contributed by atoms with Gasteiger partial charge in [0, 0.05) is 12.1 Å². The first kappa shape index (κ1) is 13.1. The number of anilines is 1. The van der Waals surface area contributed by atoms with Crippen LogP contribution in [-0.4, -0.2) is 33.4 Å². The second kappa shape index (κ2) is 4.72. The van der Waals surface area contributed by atoms with Crippen LogP contribution < -0.4 is 5.73 Å². The van der Waals surface area contributed by atoms with Gasteiger partial charge in [-0.2, -0.15) is 5.10 Å². The average Bonchev–Trinajstić information content (AvgIpc) is 2.60. The lowest BCUT2D eigenvalue weighted by Gasteiger charge is -2.17. The van der Waals surface area contributed by atoms with Crippen molar-refractivity contribution < 1.29 is 5.11 Å². The molecule has 1 aromatic carbocycles. The van der Waals surface area contributed by atoms with Crippen LogP contribution in [0.15, 0.2) is 28.3 Å². The smallest absolute Gasteiger partial charge is 0.169 e. The molecule has 1 aliphatic heterocycles. The van der Waals surface area contributed by atoms with Crippen LogP contribution in [0.5, 0.6) is 5.75 Å². The molecular weight excluding hydrogens is 242 g/mol. The zero-order valence-electron chi connectivity index (χ0n) is 11.2. The minimum absolute atomic E-state index is 0.0946. The Kier molecular flexibility index (Phi) is 3.25. The molecule has 1 heterocycles. The number of nitrogen functional groups attached to an aromatic ring is 1. The third kappa shape index (κ3) is 2.42. The summed E-state index contributed by atoms with van der Waals surface area (Å²) in [7, 11) is 0. The van der Waals surface area contributed by atoms with Crippen LogP contribution in [-0.2, 0) is 0 Å². The predicted octanol–water partition coefficient (Wildman–Crippen LogP) is 2.12. The van der Waals surface area contributed by atoms with Crippen LogP contribution in [0.4, 0.5) is 11.4 Å². The molecule has 0 aliphatic carbocycles. The molecule has 4 N–H and O–H groups in total. The van der Waals surface area contributed by atoms with E-state index in [1.165, 1.54) is 12.1 Å². The summed E-state index contributed by atoms with van der Waals surface area (Å²) in [6.07, 6.45) is 0. The van der Waals surface area contributed by atoms with Gasteiger partial charge >= 0.3 is 0 Å². The van der Waals surface area contributed by atoms with Gasteiger partial charge in [0.2, 0.25) is 0 Å². The Hall–Kier alpha value is -2.37. The first-order chi connectivity index (χ1) is 8.90. The van der Waals surface area contributed by atoms with Crippen LogP contribution >= 0.6 is 0 Å². The highest BCUT2D eigenvalue weighted by Gasteiger charge is 2.27. The summed E-state index contributed by atoms with van der Waals surface area (Å²) in [5, 5.41) is 23.3. The summed E-state index contributed by atoms with van der Waals surface area (Å²) in [6.45, 7) is 5.73. The lowest BCUT2D eigenvalue weighted by Crippen LogP contribution is -2.31. The Morgan fingerprint density at radius 3 is 2.63 bits per heavy atom. The van der Waals surface area contributed by atoms with Gasteiger partial charge in [-0.05, 0) is 32.9 Å². The second-order valence-electron chi connectivity index (χ2n) is 4.68. The number of phenols is 1. The van der Waals surface area contributed by atoms with E-state index in [0.717, 1.165) is 0 Å². The maximum absolute atomic E-state index is 9.31. The quantitative estimate of drug-likeness (QED) is 0.709. The first-order valence-corrected chi connectivity index (χ1v) is 6.01. The normalized spacial score (nSPS) is 17.5. The van der Waals surface area contributed by atoms with Gasteiger partial charge in [0.15, 0.2) is 5.84 Å². The van der Waals surface area contributed by atoms with E-state index in [2.05, 4.69) is 10.1 Å². The number of hydrazone groups is 1. The molecule has 0 radical (unpaired) electrons. The van der Waals surface area contributed by atoms with Crippen LogP contribution in [0.3, 0.4) is 0 Å². The number of hydrogen-bond donors (Lipinski definition) is 3. The Morgan fingerprint density at radius 2 is 2.11 bits per heavy atom. The maximum atomic E-state index is 9.31. The van der Waals surface area contributed by atoms with E-state index >= 15 is 0 Å². The van der Waals surface area contributed by atoms with E-state index in [4.69, 9.17) is 11.1 Å². The fraction of sp³-hybridized carbons (Fsp3) is 0.308. The number of aliphatic imine (C=N–C) groups is 1. The lowest BCUT2D eigenvalue weighted by atomic mass is 10.2. The number of amidine groups is 1. The summed E-state index contributed by atoms with van der Waals surface area (Å²) < 4.78 is 0. The van der Waals surface area contributed by atoms with E-state index in [9.17, 15) is 5.11 Å². The highest BCUT2D eigenvalue weighted by Crippen LogP contribution is 2.27. The molecule has 2 rings (SSSR count). The van der Waals surface area contributed by atoms with E-state index < -0.39 is 0 Å². The minimum Gasteiger partial charge on any atom is -0.508 e. The standard InChI is InChI=1S/C13H17N5O/c1-7(2)18-13(15)12(8(3)17-18)16-11-5-4-9(19)6-10(11)14/h4-7,15,19H,14H2,1-3H3. The van der Waals surface area contributed by atoms with Gasteiger partial charge < -0.3 is 10.8 Å². The molecule has 1 aliphatic rings. The molecule has 6 heteroatoms. The van der Waals surface area contributed by atoms with Gasteiger partial charge in [-0.1, -0.05) is 0 Å². The molecular formula is C13H17N5O. The zero-order valence-corrected chi connectivity index (χ0v) is 11.2. The highest BCUT2D eigenvalue weighted by molar-refractivity contribution is 6.69. The second-order valence-corrected chi connectivity index (χ2v) is 4.68. The third-order valence-electron chi connectivity index (χ3n) is 2.79. The Morgan fingerprint density at radius 1 is 1.42 bits per heavy atom. The van der Waals surface area contributed by atoms with E-state index in [-0.39, 0.29) is 17.6 Å². The van der Waals surface area contributed by atoms with Crippen LogP contribution in [0.1, 0.15) is 20.8 Å². The molecule has 1 aromatic rings. The summed E-state index contributed by atoms with van der Waals surface area (Å²) in [5.41, 5.74) is 7.88. The molecule has 0 unspecified atom stereocenters. The number of nitrogens with zero attached hydrogens (tertiary/aromatic N) is 3. The summed E-state index contributed by atoms with van der Waals surface area (Å²) >= 11 is 0. The SMILES string of the molecule is CC1=NN(C(C)C)C(=N)C1=Nc1ccc(O)cc1N. The monoisotopic (exact) mass is 259 g/mol. The number of rotatable bonds is 2. The summed E-state index contributed by atoms with van der Waals surface area (Å²) in [5.74, 6) is 0.358. The van der Waals surface area contributed by atoms with Crippen molar-refractivity contribution in [1.82, 2.24) is 5.01 Å². The van der Waals surface area contributed by atoms with Crippen molar-refractivity contribution in [3.05, 3.63) is 18.2 Å². The number of aromatic hydroxyl groups is 1. The molecule has 19 heavy (non-hydrogen) atoms. The molecule has 6 nitrogen and oxygen atoms in total. The molecule has 0 saturated heterocycles. The number of benzene rings is 1. The fourth-order valence-corrected chi connectivity index (χ4v) is 1.81. The Bertz CT molecular complexity index is 589. The molecule has 0 atom stereocenters. The Balaban J connectivity index is 2.40. The van der Waals surface area contributed by atoms with Crippen molar-refractivity contribution >= 4 is 28.6 Å². The largest absolute Gasteiger partial charge is 0.508 e. The van der Waals surface area contributed by atoms with Crippen LogP contribution in [0.25, 0.3) is 0 Å². The van der Waals surface area contributed by atoms with Gasteiger partial charge in [0.05, 0.1) is 17.1 Å². The molecule has 0 saturated carbocycles. The van der Waals surface area contributed by atoms with Gasteiger partial charge in [0.25, 0.3) is 0 Å². The summed E-state index contributed by atoms with van der Waals surface area (Å²) in [4.78, 5) is 4.38. The minimum atomic E-state index is 0.0946. The van der Waals surface area contributed by atoms with E-state index in [1.54, 1.807) is 11.1 Å². The number of nitrogens with one attached hydrogen (secondary N) is 1. The van der Waals surface area contributed by atoms with Gasteiger partial charge in [-0.3, -0.25) is 5.41 Å². The number of nitrogens with two attached hydrogens (primary N) is 1. The molecule has 100 valence electrons. The molecule has 0 fully saturated rings. The van der Waals surface area contributed by atoms with Crippen molar-refractivity contribution in [2.24, 2.45) is 10.1 Å². The topological polar surface area (TPSA) is 98.1 Å².